The van der Waals surface area contributed by atoms with E-state index >= 15 is 0 Å². The van der Waals surface area contributed by atoms with Crippen LogP contribution in [0.2, 0.25) is 0 Å². The second-order valence-corrected chi connectivity index (χ2v) is 5.49. The SMILES string of the molecule is COc1ccc2c(c1)NC(=O)C2=Cc1ccc2cccccc1-2. The van der Waals surface area contributed by atoms with Crippen molar-refractivity contribution in [1.82, 2.24) is 0 Å². The molecule has 1 N–H and O–H groups in total. The van der Waals surface area contributed by atoms with Gasteiger partial charge in [-0.1, -0.05) is 42.5 Å². The van der Waals surface area contributed by atoms with Crippen LogP contribution >= 0.6 is 0 Å². The lowest BCUT2D eigenvalue weighted by Crippen LogP contribution is -2.03. The number of nitrogens with one attached hydrogen (secondary N) is 1. The number of benzene rings is 1. The predicted molar refractivity (Wildman–Crippen MR) is 92.6 cm³/mol. The van der Waals surface area contributed by atoms with Crippen LogP contribution in [0.3, 0.4) is 0 Å². The molecule has 0 saturated carbocycles. The van der Waals surface area contributed by atoms with Crippen molar-refractivity contribution in [2.45, 2.75) is 0 Å². The van der Waals surface area contributed by atoms with Gasteiger partial charge in [0.15, 0.2) is 0 Å². The summed E-state index contributed by atoms with van der Waals surface area (Å²) in [6.45, 7) is 0. The van der Waals surface area contributed by atoms with E-state index in [0.29, 0.717) is 5.57 Å². The number of rotatable bonds is 2. The second kappa shape index (κ2) is 5.29. The predicted octanol–water partition coefficient (Wildman–Crippen LogP) is 4.29. The van der Waals surface area contributed by atoms with Crippen molar-refractivity contribution in [2.24, 2.45) is 0 Å². The van der Waals surface area contributed by atoms with E-state index in [1.165, 1.54) is 0 Å². The summed E-state index contributed by atoms with van der Waals surface area (Å²) >= 11 is 0. The number of fused-ring (bicyclic) bond motifs is 2. The summed E-state index contributed by atoms with van der Waals surface area (Å²) in [5.74, 6) is 0.652. The fourth-order valence-corrected chi connectivity index (χ4v) is 2.96. The smallest absolute Gasteiger partial charge is 0.256 e. The van der Waals surface area contributed by atoms with Gasteiger partial charge in [-0.05, 0) is 34.9 Å². The van der Waals surface area contributed by atoms with Gasteiger partial charge in [-0.15, -0.1) is 0 Å². The number of hydrogen-bond acceptors (Lipinski definition) is 2. The van der Waals surface area contributed by atoms with Crippen LogP contribution in [0.15, 0.2) is 60.7 Å². The molecule has 1 heterocycles. The zero-order valence-corrected chi connectivity index (χ0v) is 12.7. The molecule has 1 aromatic carbocycles. The molecule has 0 bridgehead atoms. The fraction of sp³-hybridized carbons (Fsp3) is 0.0500. The highest BCUT2D eigenvalue weighted by Crippen LogP contribution is 2.37. The molecule has 112 valence electrons. The molecule has 0 unspecified atom stereocenters. The minimum Gasteiger partial charge on any atom is -0.497 e. The number of hydrogen-bond donors (Lipinski definition) is 1. The van der Waals surface area contributed by atoms with Crippen molar-refractivity contribution < 1.29 is 9.53 Å². The van der Waals surface area contributed by atoms with Gasteiger partial charge in [-0.3, -0.25) is 4.79 Å². The Morgan fingerprint density at radius 3 is 2.70 bits per heavy atom. The van der Waals surface area contributed by atoms with Gasteiger partial charge >= 0.3 is 0 Å². The van der Waals surface area contributed by atoms with Crippen LogP contribution in [0.4, 0.5) is 5.69 Å². The van der Waals surface area contributed by atoms with Crippen LogP contribution in [0.1, 0.15) is 11.1 Å². The normalized spacial score (nSPS) is 14.8. The summed E-state index contributed by atoms with van der Waals surface area (Å²) in [6.07, 6.45) is 1.95. The van der Waals surface area contributed by atoms with Crippen LogP contribution in [0.25, 0.3) is 22.8 Å². The topological polar surface area (TPSA) is 38.3 Å². The zero-order chi connectivity index (χ0) is 15.8. The van der Waals surface area contributed by atoms with Crippen molar-refractivity contribution in [3.63, 3.8) is 0 Å². The third kappa shape index (κ3) is 2.27. The summed E-state index contributed by atoms with van der Waals surface area (Å²) in [5.41, 5.74) is 5.73. The second-order valence-electron chi connectivity index (χ2n) is 5.49. The Balaban J connectivity index is 1.82. The molecule has 0 atom stereocenters. The van der Waals surface area contributed by atoms with E-state index in [1.807, 2.05) is 48.5 Å². The van der Waals surface area contributed by atoms with Crippen molar-refractivity contribution in [3.05, 3.63) is 71.8 Å². The van der Waals surface area contributed by atoms with Crippen molar-refractivity contribution in [1.29, 1.82) is 0 Å². The van der Waals surface area contributed by atoms with E-state index in [-0.39, 0.29) is 5.91 Å². The van der Waals surface area contributed by atoms with E-state index < -0.39 is 0 Å². The molecule has 3 heteroatoms. The molecular formula is C20H15NO2. The highest BCUT2D eigenvalue weighted by Gasteiger charge is 2.25. The quantitative estimate of drug-likeness (QED) is 0.717. The van der Waals surface area contributed by atoms with Crippen LogP contribution < -0.4 is 10.1 Å². The van der Waals surface area contributed by atoms with Gasteiger partial charge in [0, 0.05) is 17.2 Å². The Bertz CT molecular complexity index is 911. The molecule has 1 aliphatic heterocycles. The van der Waals surface area contributed by atoms with Crippen LogP contribution in [0.5, 0.6) is 5.75 Å². The third-order valence-electron chi connectivity index (χ3n) is 4.13. The van der Waals surface area contributed by atoms with E-state index in [4.69, 9.17) is 4.74 Å². The van der Waals surface area contributed by atoms with Gasteiger partial charge in [0.1, 0.15) is 5.75 Å². The van der Waals surface area contributed by atoms with Gasteiger partial charge < -0.3 is 10.1 Å². The molecule has 2 aliphatic carbocycles. The lowest BCUT2D eigenvalue weighted by atomic mass is 10.0. The summed E-state index contributed by atoms with van der Waals surface area (Å²) < 4.78 is 5.21. The highest BCUT2D eigenvalue weighted by molar-refractivity contribution is 6.35. The third-order valence-corrected chi connectivity index (χ3v) is 4.13. The van der Waals surface area contributed by atoms with Crippen LogP contribution in [0, 0.1) is 0 Å². The summed E-state index contributed by atoms with van der Waals surface area (Å²) in [5, 5.41) is 2.90. The molecule has 1 amide bonds. The standard InChI is InChI=1S/C20H15NO2/c1-23-15-9-10-17-18(20(22)21-19(17)12-15)11-14-8-7-13-5-3-2-4-6-16(13)14/h2-12H,1H3,(H,21,22). The van der Waals surface area contributed by atoms with Gasteiger partial charge in [0.2, 0.25) is 0 Å². The van der Waals surface area contributed by atoms with E-state index in [1.54, 1.807) is 7.11 Å². The molecular weight excluding hydrogens is 286 g/mol. The van der Waals surface area contributed by atoms with Gasteiger partial charge in [0.05, 0.1) is 12.8 Å². The Labute approximate surface area is 134 Å². The van der Waals surface area contributed by atoms with Crippen LogP contribution in [-0.2, 0) is 4.79 Å². The minimum atomic E-state index is -0.0806. The van der Waals surface area contributed by atoms with Crippen molar-refractivity contribution in [2.75, 3.05) is 12.4 Å². The summed E-state index contributed by atoms with van der Waals surface area (Å²) in [7, 11) is 1.62. The monoisotopic (exact) mass is 301 g/mol. The number of amides is 1. The maximum absolute atomic E-state index is 12.3. The number of methoxy groups -OCH3 is 1. The molecule has 3 nitrogen and oxygen atoms in total. The largest absolute Gasteiger partial charge is 0.497 e. The number of carbonyl (C=O) groups is 1. The number of carbonyl (C=O) groups excluding carboxylic acids is 1. The lowest BCUT2D eigenvalue weighted by molar-refractivity contribution is -0.110. The van der Waals surface area contributed by atoms with Gasteiger partial charge in [-0.25, -0.2) is 0 Å². The molecule has 1 aromatic rings. The van der Waals surface area contributed by atoms with E-state index in [2.05, 4.69) is 23.5 Å². The lowest BCUT2D eigenvalue weighted by Gasteiger charge is -2.03. The zero-order valence-electron chi connectivity index (χ0n) is 12.7. The molecule has 3 aliphatic rings. The number of anilines is 1. The van der Waals surface area contributed by atoms with E-state index in [0.717, 1.165) is 33.7 Å². The average Bonchev–Trinajstić information content (AvgIpc) is 2.98. The summed E-state index contributed by atoms with van der Waals surface area (Å²) in [6, 6.07) is 19.9. The Morgan fingerprint density at radius 2 is 1.83 bits per heavy atom. The first-order chi connectivity index (χ1) is 11.3. The van der Waals surface area contributed by atoms with Gasteiger partial charge in [0.25, 0.3) is 5.91 Å². The first-order valence-corrected chi connectivity index (χ1v) is 7.45. The average molecular weight is 301 g/mol. The maximum atomic E-state index is 12.3. The van der Waals surface area contributed by atoms with Gasteiger partial charge in [-0.2, -0.15) is 0 Å². The fourth-order valence-electron chi connectivity index (χ4n) is 2.96. The molecule has 0 aromatic heterocycles. The van der Waals surface area contributed by atoms with Crippen molar-refractivity contribution >= 4 is 23.2 Å². The molecule has 0 radical (unpaired) electrons. The molecule has 0 spiro atoms. The Hall–Kier alpha value is -3.07. The first kappa shape index (κ1) is 13.6. The highest BCUT2D eigenvalue weighted by atomic mass is 16.5. The van der Waals surface area contributed by atoms with E-state index in [9.17, 15) is 4.79 Å². The molecule has 0 saturated heterocycles. The molecule has 4 rings (SSSR count). The first-order valence-electron chi connectivity index (χ1n) is 7.45. The van der Waals surface area contributed by atoms with Crippen molar-refractivity contribution in [3.8, 4) is 16.9 Å². The maximum Gasteiger partial charge on any atom is 0.256 e. The molecule has 23 heavy (non-hydrogen) atoms. The minimum absolute atomic E-state index is 0.0806. The summed E-state index contributed by atoms with van der Waals surface area (Å²) in [4.78, 5) is 12.3. The molecule has 0 fully saturated rings. The number of ether oxygens (including phenoxy) is 1. The van der Waals surface area contributed by atoms with Crippen LogP contribution in [-0.4, -0.2) is 13.0 Å². The Morgan fingerprint density at radius 1 is 0.957 bits per heavy atom. The Kier molecular flexibility index (Phi) is 3.12.